The van der Waals surface area contributed by atoms with Crippen LogP contribution in [0.5, 0.6) is 4.75 Å². The van der Waals surface area contributed by atoms with Crippen molar-refractivity contribution in [1.29, 1.82) is 0 Å². The fourth-order valence-corrected chi connectivity index (χ4v) is 6.68. The summed E-state index contributed by atoms with van der Waals surface area (Å²) < 4.78 is 8.52. The molecular weight excluding hydrogens is 608 g/mol. The van der Waals surface area contributed by atoms with Crippen LogP contribution in [0.1, 0.15) is 17.8 Å². The van der Waals surface area contributed by atoms with Crippen LogP contribution in [0.4, 0.5) is 14.1 Å². The van der Waals surface area contributed by atoms with Gasteiger partial charge in [0, 0.05) is 0 Å². The molecule has 5 rings (SSSR count). The van der Waals surface area contributed by atoms with Crippen LogP contribution in [0.3, 0.4) is 0 Å². The zero-order chi connectivity index (χ0) is 25.5. The Morgan fingerprint density at radius 3 is 2.19 bits per heavy atom. The zero-order valence-electron chi connectivity index (χ0n) is 19.6. The van der Waals surface area contributed by atoms with Gasteiger partial charge in [0.2, 0.25) is 0 Å². The topological polar surface area (TPSA) is 148 Å². The summed E-state index contributed by atoms with van der Waals surface area (Å²) in [5.41, 5.74) is 1.42. The van der Waals surface area contributed by atoms with E-state index in [1.54, 1.807) is 12.4 Å². The SMILES string of the molecule is O=C(Cc1ccccn1)Nc1nnc(OCC2CCN(c3nnc(NC(=O)Cc4ccccn4)[se]3)C2)[se]1. The maximum atomic E-state index is 12.3. The average molecular weight is 631 g/mol. The Kier molecular flexibility index (Phi) is 8.31. The van der Waals surface area contributed by atoms with Crippen LogP contribution in [-0.4, -0.2) is 90.9 Å². The van der Waals surface area contributed by atoms with Crippen molar-refractivity contribution in [3.8, 4) is 4.75 Å². The van der Waals surface area contributed by atoms with Gasteiger partial charge in [-0.25, -0.2) is 0 Å². The van der Waals surface area contributed by atoms with Crippen LogP contribution in [0.25, 0.3) is 0 Å². The van der Waals surface area contributed by atoms with Gasteiger partial charge in [-0.3, -0.25) is 0 Å². The Morgan fingerprint density at radius 1 is 0.892 bits per heavy atom. The van der Waals surface area contributed by atoms with Gasteiger partial charge in [0.05, 0.1) is 0 Å². The van der Waals surface area contributed by atoms with Crippen molar-refractivity contribution >= 4 is 54.9 Å². The molecule has 1 fully saturated rings. The number of carbonyl (C=O) groups excluding carboxylic acids is 2. The Balaban J connectivity index is 1.05. The summed E-state index contributed by atoms with van der Waals surface area (Å²) in [5, 5.41) is 22.3. The molecule has 14 heteroatoms. The first-order valence-electron chi connectivity index (χ1n) is 11.5. The van der Waals surface area contributed by atoms with Crippen molar-refractivity contribution in [1.82, 2.24) is 30.4 Å². The second-order valence-electron chi connectivity index (χ2n) is 8.27. The first-order chi connectivity index (χ1) is 18.1. The molecule has 5 heterocycles. The number of hydrogen-bond acceptors (Lipinski definition) is 10. The van der Waals surface area contributed by atoms with E-state index < -0.39 is 0 Å². The van der Waals surface area contributed by atoms with Gasteiger partial charge in [0.1, 0.15) is 0 Å². The van der Waals surface area contributed by atoms with Crippen LogP contribution in [-0.2, 0) is 22.4 Å². The van der Waals surface area contributed by atoms with Gasteiger partial charge in [-0.15, -0.1) is 0 Å². The van der Waals surface area contributed by atoms with Gasteiger partial charge >= 0.3 is 225 Å². The molecule has 0 aliphatic carbocycles. The van der Waals surface area contributed by atoms with E-state index in [0.717, 1.165) is 24.2 Å². The number of ether oxygens (including phenoxy) is 1. The number of hydrogen-bond donors (Lipinski definition) is 2. The predicted molar refractivity (Wildman–Crippen MR) is 137 cm³/mol. The fourth-order valence-electron chi connectivity index (χ4n) is 3.71. The summed E-state index contributed by atoms with van der Waals surface area (Å²) in [6.45, 7) is 2.19. The van der Waals surface area contributed by atoms with Crippen molar-refractivity contribution in [3.05, 3.63) is 60.2 Å². The summed E-state index contributed by atoms with van der Waals surface area (Å²) >= 11 is -0.419. The summed E-state index contributed by atoms with van der Waals surface area (Å²) in [5.74, 6) is 0.00993. The molecule has 37 heavy (non-hydrogen) atoms. The van der Waals surface area contributed by atoms with E-state index in [1.165, 1.54) is 0 Å². The molecule has 0 aromatic carbocycles. The molecule has 2 amide bonds. The van der Waals surface area contributed by atoms with Gasteiger partial charge < -0.3 is 0 Å². The first-order valence-corrected chi connectivity index (χ1v) is 15.0. The quantitative estimate of drug-likeness (QED) is 0.236. The molecule has 0 saturated carbocycles. The number of nitrogens with zero attached hydrogens (tertiary/aromatic N) is 7. The number of rotatable bonds is 10. The van der Waals surface area contributed by atoms with Gasteiger partial charge in [-0.1, -0.05) is 0 Å². The molecule has 0 bridgehead atoms. The second-order valence-corrected chi connectivity index (χ2v) is 12.2. The third-order valence-electron chi connectivity index (χ3n) is 5.45. The predicted octanol–water partition coefficient (Wildman–Crippen LogP) is 0.438. The number of anilines is 3. The van der Waals surface area contributed by atoms with Crippen molar-refractivity contribution in [2.24, 2.45) is 5.92 Å². The molecule has 0 radical (unpaired) electrons. The van der Waals surface area contributed by atoms with Crippen molar-refractivity contribution in [3.63, 3.8) is 0 Å². The third kappa shape index (κ3) is 7.30. The number of pyridine rings is 2. The van der Waals surface area contributed by atoms with E-state index in [0.29, 0.717) is 38.1 Å². The van der Waals surface area contributed by atoms with E-state index in [-0.39, 0.29) is 53.7 Å². The average Bonchev–Trinajstić information content (AvgIpc) is 3.65. The van der Waals surface area contributed by atoms with Crippen molar-refractivity contribution < 1.29 is 14.3 Å². The molecule has 4 aromatic heterocycles. The van der Waals surface area contributed by atoms with Gasteiger partial charge in [-0.05, 0) is 0 Å². The fraction of sp³-hybridized carbons (Fsp3) is 0.304. The Morgan fingerprint density at radius 2 is 1.54 bits per heavy atom. The van der Waals surface area contributed by atoms with Gasteiger partial charge in [0.25, 0.3) is 0 Å². The molecule has 2 N–H and O–H groups in total. The Hall–Kier alpha value is -3.44. The van der Waals surface area contributed by atoms with E-state index in [4.69, 9.17) is 4.74 Å². The molecule has 1 aliphatic heterocycles. The number of aromatic nitrogens is 6. The Labute approximate surface area is 224 Å². The molecule has 0 spiro atoms. The molecule has 1 saturated heterocycles. The summed E-state index contributed by atoms with van der Waals surface area (Å²) in [7, 11) is 0. The molecule has 1 unspecified atom stereocenters. The van der Waals surface area contributed by atoms with E-state index >= 15 is 0 Å². The van der Waals surface area contributed by atoms with Crippen LogP contribution in [0.15, 0.2) is 48.8 Å². The minimum atomic E-state index is -0.271. The van der Waals surface area contributed by atoms with Gasteiger partial charge in [-0.2, -0.15) is 0 Å². The van der Waals surface area contributed by atoms with Crippen molar-refractivity contribution in [2.75, 3.05) is 35.2 Å². The van der Waals surface area contributed by atoms with Crippen LogP contribution in [0, 0.1) is 5.92 Å². The molecule has 4 aromatic rings. The number of amides is 2. The standard InChI is InChI=1S/C23H23N9O3Se2/c33-18(11-16-5-1-3-8-24-16)26-20-28-30-22(36-20)32-10-7-15(13-32)14-35-23-31-29-21(37-23)27-19(34)12-17-6-2-4-9-25-17/h1-6,8-9,15H,7,10-14H2,(H,26,28,33)(H,27,29,34). The molecule has 1 atom stereocenters. The minimum absolute atomic E-state index is 0.141. The third-order valence-corrected chi connectivity index (χ3v) is 8.91. The van der Waals surface area contributed by atoms with Gasteiger partial charge in [0.15, 0.2) is 0 Å². The molecule has 1 aliphatic rings. The van der Waals surface area contributed by atoms with E-state index in [9.17, 15) is 9.59 Å². The molecular formula is C23H23N9O3Se2. The maximum absolute atomic E-state index is 12.3. The summed E-state index contributed by atoms with van der Waals surface area (Å²) in [4.78, 5) is 35.0. The van der Waals surface area contributed by atoms with Crippen LogP contribution < -0.4 is 20.3 Å². The van der Waals surface area contributed by atoms with Crippen molar-refractivity contribution in [2.45, 2.75) is 19.3 Å². The van der Waals surface area contributed by atoms with Crippen LogP contribution in [0.2, 0.25) is 0 Å². The molecule has 12 nitrogen and oxygen atoms in total. The first kappa shape index (κ1) is 25.2. The summed E-state index contributed by atoms with van der Waals surface area (Å²) in [6.07, 6.45) is 4.69. The van der Waals surface area contributed by atoms with E-state index in [1.807, 2.05) is 36.4 Å². The summed E-state index contributed by atoms with van der Waals surface area (Å²) in [6, 6.07) is 11.0. The second kappa shape index (κ2) is 12.2. The van der Waals surface area contributed by atoms with Crippen LogP contribution >= 0.6 is 0 Å². The monoisotopic (exact) mass is 633 g/mol. The van der Waals surface area contributed by atoms with E-state index in [2.05, 4.69) is 45.9 Å². The number of carbonyl (C=O) groups is 2. The normalized spacial score (nSPS) is 14.9. The molecule has 190 valence electrons. The Bertz CT molecular complexity index is 1330. The zero-order valence-corrected chi connectivity index (χ0v) is 23.0. The number of nitrogens with one attached hydrogen (secondary N) is 2.